The molecule has 1 aromatic heterocycles. The van der Waals surface area contributed by atoms with E-state index in [9.17, 15) is 12.8 Å². The van der Waals surface area contributed by atoms with Crippen molar-refractivity contribution in [2.75, 3.05) is 6.54 Å². The van der Waals surface area contributed by atoms with Gasteiger partial charge in [-0.25, -0.2) is 17.5 Å². The number of halogens is 1. The van der Waals surface area contributed by atoms with Crippen LogP contribution in [0.2, 0.25) is 0 Å². The molecule has 6 nitrogen and oxygen atoms in total. The fourth-order valence-corrected chi connectivity index (χ4v) is 2.33. The topological polar surface area (TPSA) is 85.1 Å². The molecule has 1 heterocycles. The number of nitrogens with one attached hydrogen (secondary N) is 1. The van der Waals surface area contributed by atoms with Crippen LogP contribution in [0.25, 0.3) is 0 Å². The van der Waals surface area contributed by atoms with Gasteiger partial charge in [-0.2, -0.15) is 4.98 Å². The minimum absolute atomic E-state index is 0.00873. The molecule has 18 heavy (non-hydrogen) atoms. The van der Waals surface area contributed by atoms with E-state index in [2.05, 4.69) is 14.9 Å². The van der Waals surface area contributed by atoms with Crippen LogP contribution in [0.15, 0.2) is 40.0 Å². The number of sulfonamides is 1. The summed E-state index contributed by atoms with van der Waals surface area (Å²) < 4.78 is 43.3. The predicted molar refractivity (Wildman–Crippen MR) is 59.6 cm³/mol. The standard InChI is InChI=1S/C10H10FN3O3S/c11-8-1-3-9(4-2-8)18(15,16)14-6-5-10-12-7-13-17-10/h1-4,7,14H,5-6H2. The average Bonchev–Trinajstić information content (AvgIpc) is 2.82. The predicted octanol–water partition coefficient (Wildman–Crippen LogP) is 0.730. The Hall–Kier alpha value is -1.80. The van der Waals surface area contributed by atoms with Gasteiger partial charge in [0.05, 0.1) is 4.90 Å². The molecular formula is C10H10FN3O3S. The minimum atomic E-state index is -3.64. The normalized spacial score (nSPS) is 11.6. The molecule has 2 aromatic rings. The molecule has 0 atom stereocenters. The number of hydrogen-bond donors (Lipinski definition) is 1. The van der Waals surface area contributed by atoms with E-state index in [1.54, 1.807) is 0 Å². The van der Waals surface area contributed by atoms with Crippen molar-refractivity contribution in [2.24, 2.45) is 0 Å². The van der Waals surface area contributed by atoms with Crippen molar-refractivity contribution in [3.63, 3.8) is 0 Å². The molecule has 1 N–H and O–H groups in total. The number of rotatable bonds is 5. The van der Waals surface area contributed by atoms with E-state index in [1.807, 2.05) is 0 Å². The van der Waals surface area contributed by atoms with E-state index in [4.69, 9.17) is 4.52 Å². The van der Waals surface area contributed by atoms with Gasteiger partial charge >= 0.3 is 0 Å². The molecule has 0 aliphatic carbocycles. The van der Waals surface area contributed by atoms with E-state index < -0.39 is 15.8 Å². The van der Waals surface area contributed by atoms with Gasteiger partial charge in [-0.05, 0) is 24.3 Å². The Morgan fingerprint density at radius 1 is 1.28 bits per heavy atom. The highest BCUT2D eigenvalue weighted by molar-refractivity contribution is 7.89. The highest BCUT2D eigenvalue weighted by Crippen LogP contribution is 2.09. The third-order valence-corrected chi connectivity index (χ3v) is 3.64. The summed E-state index contributed by atoms with van der Waals surface area (Å²) >= 11 is 0. The maximum absolute atomic E-state index is 12.7. The van der Waals surface area contributed by atoms with Gasteiger partial charge in [-0.15, -0.1) is 0 Å². The number of aromatic nitrogens is 2. The molecule has 1 aromatic carbocycles. The van der Waals surface area contributed by atoms with Crippen molar-refractivity contribution in [1.29, 1.82) is 0 Å². The second-order valence-electron chi connectivity index (χ2n) is 3.44. The van der Waals surface area contributed by atoms with Gasteiger partial charge in [0.2, 0.25) is 15.9 Å². The maximum Gasteiger partial charge on any atom is 0.240 e. The lowest BCUT2D eigenvalue weighted by Gasteiger charge is -2.05. The first-order valence-corrected chi connectivity index (χ1v) is 6.57. The van der Waals surface area contributed by atoms with Crippen molar-refractivity contribution in [3.05, 3.63) is 42.3 Å². The van der Waals surface area contributed by atoms with Crippen molar-refractivity contribution >= 4 is 10.0 Å². The average molecular weight is 271 g/mol. The van der Waals surface area contributed by atoms with Gasteiger partial charge < -0.3 is 4.52 Å². The van der Waals surface area contributed by atoms with Gasteiger partial charge in [0, 0.05) is 13.0 Å². The summed E-state index contributed by atoms with van der Waals surface area (Å²) in [6.45, 7) is 0.127. The Morgan fingerprint density at radius 3 is 2.61 bits per heavy atom. The summed E-state index contributed by atoms with van der Waals surface area (Å²) in [7, 11) is -3.64. The lowest BCUT2D eigenvalue weighted by molar-refractivity contribution is 0.377. The summed E-state index contributed by atoms with van der Waals surface area (Å²) in [6.07, 6.45) is 1.53. The van der Waals surface area contributed by atoms with E-state index in [0.29, 0.717) is 12.3 Å². The first-order chi connectivity index (χ1) is 8.58. The van der Waals surface area contributed by atoms with Gasteiger partial charge in [-0.1, -0.05) is 5.16 Å². The molecule has 0 spiro atoms. The van der Waals surface area contributed by atoms with Gasteiger partial charge in [-0.3, -0.25) is 0 Å². The largest absolute Gasteiger partial charge is 0.340 e. The van der Waals surface area contributed by atoms with Crippen molar-refractivity contribution in [1.82, 2.24) is 14.9 Å². The van der Waals surface area contributed by atoms with Gasteiger partial charge in [0.25, 0.3) is 0 Å². The molecular weight excluding hydrogens is 261 g/mol. The quantitative estimate of drug-likeness (QED) is 0.866. The maximum atomic E-state index is 12.7. The highest BCUT2D eigenvalue weighted by atomic mass is 32.2. The van der Waals surface area contributed by atoms with Gasteiger partial charge in [0.15, 0.2) is 6.33 Å². The van der Waals surface area contributed by atoms with Crippen LogP contribution in [0.5, 0.6) is 0 Å². The van der Waals surface area contributed by atoms with Crippen molar-refractivity contribution < 1.29 is 17.3 Å². The fraction of sp³-hybridized carbons (Fsp3) is 0.200. The molecule has 0 radical (unpaired) electrons. The van der Waals surface area contributed by atoms with E-state index >= 15 is 0 Å². The molecule has 0 aliphatic rings. The van der Waals surface area contributed by atoms with Crippen LogP contribution in [0.4, 0.5) is 4.39 Å². The summed E-state index contributed by atoms with van der Waals surface area (Å²) in [4.78, 5) is 3.77. The van der Waals surface area contributed by atoms with Crippen LogP contribution >= 0.6 is 0 Å². The summed E-state index contributed by atoms with van der Waals surface area (Å²) in [5.41, 5.74) is 0. The lowest BCUT2D eigenvalue weighted by Crippen LogP contribution is -2.26. The Labute approximate surface area is 103 Å². The molecule has 8 heteroatoms. The second kappa shape index (κ2) is 5.23. The van der Waals surface area contributed by atoms with E-state index in [-0.39, 0.29) is 11.4 Å². The van der Waals surface area contributed by atoms with Crippen molar-refractivity contribution in [3.8, 4) is 0 Å². The molecule has 0 fully saturated rings. The lowest BCUT2D eigenvalue weighted by atomic mass is 10.4. The van der Waals surface area contributed by atoms with Crippen LogP contribution in [-0.2, 0) is 16.4 Å². The Kier molecular flexibility index (Phi) is 3.68. The molecule has 0 amide bonds. The zero-order valence-corrected chi connectivity index (χ0v) is 10.0. The molecule has 0 bridgehead atoms. The number of benzene rings is 1. The Balaban J connectivity index is 1.97. The third-order valence-electron chi connectivity index (χ3n) is 2.16. The third kappa shape index (κ3) is 3.11. The summed E-state index contributed by atoms with van der Waals surface area (Å²) in [6, 6.07) is 4.58. The first-order valence-electron chi connectivity index (χ1n) is 5.09. The Bertz CT molecular complexity index is 596. The van der Waals surface area contributed by atoms with Crippen LogP contribution in [-0.4, -0.2) is 25.1 Å². The zero-order valence-electron chi connectivity index (χ0n) is 9.21. The number of nitrogens with zero attached hydrogens (tertiary/aromatic N) is 2. The second-order valence-corrected chi connectivity index (χ2v) is 5.20. The van der Waals surface area contributed by atoms with E-state index in [0.717, 1.165) is 12.1 Å². The molecule has 0 saturated carbocycles. The van der Waals surface area contributed by atoms with Crippen LogP contribution in [0, 0.1) is 5.82 Å². The van der Waals surface area contributed by atoms with Crippen LogP contribution in [0.1, 0.15) is 5.89 Å². The Morgan fingerprint density at radius 2 is 2.00 bits per heavy atom. The van der Waals surface area contributed by atoms with Crippen molar-refractivity contribution in [2.45, 2.75) is 11.3 Å². The zero-order chi connectivity index (χ0) is 13.0. The smallest absolute Gasteiger partial charge is 0.240 e. The highest BCUT2D eigenvalue weighted by Gasteiger charge is 2.13. The summed E-state index contributed by atoms with van der Waals surface area (Å²) in [5, 5.41) is 3.40. The first kappa shape index (κ1) is 12.7. The molecule has 2 rings (SSSR count). The molecule has 0 unspecified atom stereocenters. The molecule has 0 saturated heterocycles. The molecule has 96 valence electrons. The van der Waals surface area contributed by atoms with Crippen LogP contribution < -0.4 is 4.72 Å². The monoisotopic (exact) mass is 271 g/mol. The van der Waals surface area contributed by atoms with Gasteiger partial charge in [0.1, 0.15) is 5.82 Å². The number of hydrogen-bond acceptors (Lipinski definition) is 5. The van der Waals surface area contributed by atoms with E-state index in [1.165, 1.54) is 18.5 Å². The minimum Gasteiger partial charge on any atom is -0.340 e. The molecule has 0 aliphatic heterocycles. The fourth-order valence-electron chi connectivity index (χ4n) is 1.30. The summed E-state index contributed by atoms with van der Waals surface area (Å²) in [5.74, 6) is -0.142. The SMILES string of the molecule is O=S(=O)(NCCc1ncno1)c1ccc(F)cc1. The van der Waals surface area contributed by atoms with Crippen LogP contribution in [0.3, 0.4) is 0 Å².